The molecule has 1 aliphatic rings. The first-order chi connectivity index (χ1) is 17.8. The first-order valence-corrected chi connectivity index (χ1v) is 13.7. The smallest absolute Gasteiger partial charge is 0.282 e. The second kappa shape index (κ2) is 10.00. The normalized spacial score (nSPS) is 14.6. The molecule has 0 fully saturated rings. The zero-order chi connectivity index (χ0) is 26.0. The number of carbonyl (C=O) groups excluding carboxylic acids is 1. The van der Waals surface area contributed by atoms with Crippen molar-refractivity contribution in [2.45, 2.75) is 4.90 Å². The van der Waals surface area contributed by atoms with Gasteiger partial charge in [-0.2, -0.15) is 0 Å². The fourth-order valence-electron chi connectivity index (χ4n) is 3.79. The number of thiazole rings is 1. The third kappa shape index (κ3) is 5.16. The average molecular weight is 530 g/mol. The lowest BCUT2D eigenvalue weighted by molar-refractivity contribution is -0.113. The van der Waals surface area contributed by atoms with Gasteiger partial charge in [-0.05, 0) is 48.0 Å². The monoisotopic (exact) mass is 529 g/mol. The Balaban J connectivity index is 1.49. The number of hydrogen-bond donors (Lipinski definition) is 1. The molecule has 3 aromatic carbocycles. The van der Waals surface area contributed by atoms with Crippen LogP contribution in [-0.4, -0.2) is 39.2 Å². The first kappa shape index (κ1) is 24.4. The maximum Gasteiger partial charge on any atom is 0.282 e. The summed E-state index contributed by atoms with van der Waals surface area (Å²) in [5.74, 6) is 0.172. The lowest BCUT2D eigenvalue weighted by Gasteiger charge is -2.19. The van der Waals surface area contributed by atoms with E-state index in [1.54, 1.807) is 23.6 Å². The van der Waals surface area contributed by atoms with Crippen LogP contribution in [0.25, 0.3) is 6.08 Å². The largest absolute Gasteiger partial charge is 0.378 e. The molecular weight excluding hydrogens is 506 g/mol. The third-order valence-corrected chi connectivity index (χ3v) is 7.84. The molecule has 0 saturated heterocycles. The summed E-state index contributed by atoms with van der Waals surface area (Å²) in [6, 6.07) is 23.3. The number of anilines is 3. The van der Waals surface area contributed by atoms with E-state index < -0.39 is 10.0 Å². The van der Waals surface area contributed by atoms with Crippen LogP contribution in [0.2, 0.25) is 0 Å². The van der Waals surface area contributed by atoms with Crippen molar-refractivity contribution in [2.75, 3.05) is 28.6 Å². The number of sulfonamides is 1. The second-order valence-corrected chi connectivity index (χ2v) is 11.0. The summed E-state index contributed by atoms with van der Waals surface area (Å²) in [5.41, 5.74) is 3.46. The lowest BCUT2D eigenvalue weighted by Crippen LogP contribution is -2.32. The molecule has 1 aromatic heterocycles. The Kier molecular flexibility index (Phi) is 6.60. The van der Waals surface area contributed by atoms with Gasteiger partial charge in [-0.15, -0.1) is 11.3 Å². The van der Waals surface area contributed by atoms with Crippen LogP contribution in [0.5, 0.6) is 0 Å². The van der Waals surface area contributed by atoms with Gasteiger partial charge in [-0.1, -0.05) is 42.5 Å². The van der Waals surface area contributed by atoms with E-state index in [1.807, 2.05) is 73.6 Å². The topological polar surface area (TPSA) is 95.0 Å². The van der Waals surface area contributed by atoms with Gasteiger partial charge in [-0.25, -0.2) is 18.4 Å². The van der Waals surface area contributed by atoms with Gasteiger partial charge in [0.05, 0.1) is 10.6 Å². The van der Waals surface area contributed by atoms with Gasteiger partial charge >= 0.3 is 0 Å². The van der Waals surface area contributed by atoms with Crippen molar-refractivity contribution in [3.8, 4) is 0 Å². The summed E-state index contributed by atoms with van der Waals surface area (Å²) < 4.78 is 27.9. The number of amidine groups is 1. The van der Waals surface area contributed by atoms with E-state index in [-0.39, 0.29) is 15.9 Å². The Hall–Kier alpha value is -4.28. The van der Waals surface area contributed by atoms with E-state index in [0.29, 0.717) is 17.2 Å². The van der Waals surface area contributed by atoms with E-state index in [4.69, 9.17) is 0 Å². The summed E-state index contributed by atoms with van der Waals surface area (Å²) >= 11 is 1.19. The van der Waals surface area contributed by atoms with Gasteiger partial charge < -0.3 is 4.90 Å². The molecular formula is C27H23N5O3S2. The van der Waals surface area contributed by atoms with Crippen LogP contribution in [0.4, 0.5) is 16.5 Å². The first-order valence-electron chi connectivity index (χ1n) is 11.3. The zero-order valence-electron chi connectivity index (χ0n) is 20.1. The third-order valence-electron chi connectivity index (χ3n) is 5.66. The van der Waals surface area contributed by atoms with Crippen LogP contribution >= 0.6 is 11.3 Å². The number of aromatic nitrogens is 1. The number of benzene rings is 3. The summed E-state index contributed by atoms with van der Waals surface area (Å²) in [6.45, 7) is 0. The second-order valence-electron chi connectivity index (χ2n) is 8.39. The van der Waals surface area contributed by atoms with E-state index in [0.717, 1.165) is 16.8 Å². The Morgan fingerprint density at radius 1 is 0.946 bits per heavy atom. The Bertz CT molecular complexity index is 1580. The van der Waals surface area contributed by atoms with E-state index in [1.165, 1.54) is 34.6 Å². The van der Waals surface area contributed by atoms with E-state index >= 15 is 0 Å². The maximum absolute atomic E-state index is 13.6. The van der Waals surface area contributed by atoms with Crippen LogP contribution < -0.4 is 14.5 Å². The van der Waals surface area contributed by atoms with Crippen molar-refractivity contribution < 1.29 is 13.2 Å². The maximum atomic E-state index is 13.6. The molecule has 0 saturated carbocycles. The Morgan fingerprint density at radius 2 is 1.65 bits per heavy atom. The van der Waals surface area contributed by atoms with Crippen LogP contribution in [0, 0.1) is 0 Å². The number of nitrogens with one attached hydrogen (secondary N) is 1. The molecule has 0 radical (unpaired) electrons. The van der Waals surface area contributed by atoms with Gasteiger partial charge in [0.2, 0.25) is 0 Å². The number of aliphatic imine (C=N–C) groups is 1. The molecule has 0 atom stereocenters. The van der Waals surface area contributed by atoms with Crippen molar-refractivity contribution in [1.82, 2.24) is 4.98 Å². The average Bonchev–Trinajstić information content (AvgIpc) is 3.52. The summed E-state index contributed by atoms with van der Waals surface area (Å²) in [5, 5.41) is 1.97. The minimum absolute atomic E-state index is 0.0630. The minimum atomic E-state index is -3.81. The molecule has 1 aliphatic heterocycles. The summed E-state index contributed by atoms with van der Waals surface area (Å²) in [6.07, 6.45) is 3.28. The molecule has 2 heterocycles. The van der Waals surface area contributed by atoms with Crippen LogP contribution in [0.15, 0.2) is 106 Å². The highest BCUT2D eigenvalue weighted by Gasteiger charge is 2.32. The molecule has 1 N–H and O–H groups in total. The van der Waals surface area contributed by atoms with Crippen LogP contribution in [-0.2, 0) is 14.8 Å². The summed E-state index contributed by atoms with van der Waals surface area (Å²) in [7, 11) is 0.118. The van der Waals surface area contributed by atoms with E-state index in [9.17, 15) is 13.2 Å². The number of carbonyl (C=O) groups is 1. The van der Waals surface area contributed by atoms with Gasteiger partial charge in [0.1, 0.15) is 11.5 Å². The fourth-order valence-corrected chi connectivity index (χ4v) is 5.57. The van der Waals surface area contributed by atoms with Crippen molar-refractivity contribution in [1.29, 1.82) is 0 Å². The summed E-state index contributed by atoms with van der Waals surface area (Å²) in [4.78, 5) is 25.8. The van der Waals surface area contributed by atoms with Crippen LogP contribution in [0.1, 0.15) is 11.1 Å². The van der Waals surface area contributed by atoms with Gasteiger partial charge in [0, 0.05) is 36.9 Å². The molecule has 0 aliphatic carbocycles. The highest BCUT2D eigenvalue weighted by Crippen LogP contribution is 2.29. The highest BCUT2D eigenvalue weighted by molar-refractivity contribution is 7.93. The molecule has 1 amide bonds. The highest BCUT2D eigenvalue weighted by atomic mass is 32.2. The Morgan fingerprint density at radius 3 is 2.27 bits per heavy atom. The Labute approximate surface area is 219 Å². The zero-order valence-corrected chi connectivity index (χ0v) is 21.7. The van der Waals surface area contributed by atoms with Gasteiger partial charge in [-0.3, -0.25) is 14.4 Å². The van der Waals surface area contributed by atoms with Crippen molar-refractivity contribution >= 4 is 55.7 Å². The lowest BCUT2D eigenvalue weighted by atomic mass is 10.1. The van der Waals surface area contributed by atoms with Crippen molar-refractivity contribution in [2.24, 2.45) is 4.99 Å². The number of rotatable bonds is 7. The van der Waals surface area contributed by atoms with E-state index in [2.05, 4.69) is 14.7 Å². The standard InChI is InChI=1S/C27H23N5O3S2/c1-31(2)21-10-8-19(9-11-21)18-24-26(33)32(25(29-24)20-6-4-3-5-7-20)22-12-14-23(15-13-22)37(34,35)30-27-28-16-17-36-27/h3-18H,1-2H3,(H,28,30)/b24-18-. The van der Waals surface area contributed by atoms with Crippen molar-refractivity contribution in [3.63, 3.8) is 0 Å². The molecule has 4 aromatic rings. The number of nitrogens with zero attached hydrogens (tertiary/aromatic N) is 4. The molecule has 186 valence electrons. The van der Waals surface area contributed by atoms with Crippen molar-refractivity contribution in [3.05, 3.63) is 107 Å². The molecule has 0 spiro atoms. The molecule has 5 rings (SSSR count). The van der Waals surface area contributed by atoms with Gasteiger partial charge in [0.25, 0.3) is 15.9 Å². The quantitative estimate of drug-likeness (QED) is 0.346. The van der Waals surface area contributed by atoms with Crippen LogP contribution in [0.3, 0.4) is 0 Å². The molecule has 8 nitrogen and oxygen atoms in total. The number of amides is 1. The van der Waals surface area contributed by atoms with Gasteiger partial charge in [0.15, 0.2) is 5.13 Å². The number of hydrogen-bond acceptors (Lipinski definition) is 7. The molecule has 37 heavy (non-hydrogen) atoms. The minimum Gasteiger partial charge on any atom is -0.378 e. The fraction of sp³-hybridized carbons (Fsp3) is 0.0741. The predicted molar refractivity (Wildman–Crippen MR) is 149 cm³/mol. The molecule has 0 unspecified atom stereocenters. The SMILES string of the molecule is CN(C)c1ccc(/C=C2\N=C(c3ccccc3)N(c3ccc(S(=O)(=O)Nc4nccs4)cc3)C2=O)cc1. The predicted octanol–water partition coefficient (Wildman–Crippen LogP) is 4.84. The molecule has 10 heteroatoms. The molecule has 0 bridgehead atoms.